The van der Waals surface area contributed by atoms with Crippen LogP contribution in [0.15, 0.2) is 48.5 Å². The number of benzene rings is 2. The van der Waals surface area contributed by atoms with Gasteiger partial charge in [-0.3, -0.25) is 29.8 Å². The number of esters is 1. The number of carbonyl (C=O) groups excluding carboxylic acids is 3. The molecule has 0 N–H and O–H groups in total. The number of nitro groups is 2. The van der Waals surface area contributed by atoms with Crippen LogP contribution in [0.4, 0.5) is 24.5 Å². The topological polar surface area (TPSA) is 147 Å². The molecule has 1 unspecified atom stereocenters. The highest BCUT2D eigenvalue weighted by Gasteiger charge is 2.65. The lowest BCUT2D eigenvalue weighted by Gasteiger charge is -2.28. The molecule has 0 aliphatic carbocycles. The van der Waals surface area contributed by atoms with E-state index in [-0.39, 0.29) is 11.8 Å². The van der Waals surface area contributed by atoms with Crippen LogP contribution in [-0.2, 0) is 19.8 Å². The zero-order valence-electron chi connectivity index (χ0n) is 15.5. The molecule has 0 amide bonds. The van der Waals surface area contributed by atoms with E-state index < -0.39 is 61.8 Å². The van der Waals surface area contributed by atoms with Crippen molar-refractivity contribution in [1.82, 2.24) is 0 Å². The lowest BCUT2D eigenvalue weighted by molar-refractivity contribution is -0.394. The first-order chi connectivity index (χ1) is 14.9. The first-order valence-corrected chi connectivity index (χ1v) is 8.82. The van der Waals surface area contributed by atoms with Crippen molar-refractivity contribution >= 4 is 40.5 Å². The van der Waals surface area contributed by atoms with Crippen molar-refractivity contribution in [2.45, 2.75) is 11.6 Å². The maximum Gasteiger partial charge on any atom is 0.452 e. The molecule has 0 heterocycles. The van der Waals surface area contributed by atoms with Crippen molar-refractivity contribution in [3.63, 3.8) is 0 Å². The number of para-hydroxylation sites is 1. The van der Waals surface area contributed by atoms with E-state index in [1.165, 1.54) is 18.2 Å². The Morgan fingerprint density at radius 2 is 1.56 bits per heavy atom. The molecule has 0 bridgehead atoms. The summed E-state index contributed by atoms with van der Waals surface area (Å²) < 4.78 is 45.4. The van der Waals surface area contributed by atoms with Crippen LogP contribution in [-0.4, -0.2) is 39.4 Å². The fourth-order valence-corrected chi connectivity index (χ4v) is 3.00. The SMILES string of the molecule is O=C(CCl)C(C(=O)Oc1ccccc1)(C(=O)C(F)(F)F)c1ccc([N+](=O)[O-])cc1[N+](=O)[O-]. The minimum atomic E-state index is -5.85. The van der Waals surface area contributed by atoms with E-state index in [1.807, 2.05) is 0 Å². The van der Waals surface area contributed by atoms with Gasteiger partial charge < -0.3 is 4.74 Å². The molecule has 0 aliphatic heterocycles. The third-order valence-electron chi connectivity index (χ3n) is 4.19. The molecule has 14 heteroatoms. The Hall–Kier alpha value is -3.87. The van der Waals surface area contributed by atoms with Gasteiger partial charge in [-0.2, -0.15) is 13.2 Å². The third-order valence-corrected chi connectivity index (χ3v) is 4.43. The number of carbonyl (C=O) groups is 3. The number of nitro benzene ring substituents is 2. The molecule has 1 atom stereocenters. The Morgan fingerprint density at radius 1 is 0.969 bits per heavy atom. The van der Waals surface area contributed by atoms with Gasteiger partial charge in [-0.25, -0.2) is 4.79 Å². The summed E-state index contributed by atoms with van der Waals surface area (Å²) in [6.07, 6.45) is -5.85. The summed E-state index contributed by atoms with van der Waals surface area (Å²) in [5.41, 5.74) is -7.72. The molecule has 0 fully saturated rings. The summed E-state index contributed by atoms with van der Waals surface area (Å²) in [7, 11) is 0. The fourth-order valence-electron chi connectivity index (χ4n) is 2.80. The van der Waals surface area contributed by atoms with E-state index in [0.29, 0.717) is 12.1 Å². The Bertz CT molecular complexity index is 1110. The summed E-state index contributed by atoms with van der Waals surface area (Å²) in [5.74, 6) is -8.73. The standard InChI is InChI=1S/C18H10ClF3N2O8/c19-9-14(25)17(15(26)18(20,21)22,16(27)32-11-4-2-1-3-5-11)12-7-6-10(23(28)29)8-13(12)24(30)31/h1-8H,9H2. The molecular formula is C18H10ClF3N2O8. The minimum absolute atomic E-state index is 0.213. The molecule has 10 nitrogen and oxygen atoms in total. The molecule has 0 saturated heterocycles. The van der Waals surface area contributed by atoms with Crippen molar-refractivity contribution in [2.75, 3.05) is 5.88 Å². The smallest absolute Gasteiger partial charge is 0.425 e. The lowest BCUT2D eigenvalue weighted by Crippen LogP contribution is -2.58. The van der Waals surface area contributed by atoms with Gasteiger partial charge in [-0.15, -0.1) is 11.6 Å². The van der Waals surface area contributed by atoms with Crippen molar-refractivity contribution < 1.29 is 42.1 Å². The second kappa shape index (κ2) is 9.09. The first-order valence-electron chi connectivity index (χ1n) is 8.28. The Kier molecular flexibility index (Phi) is 6.93. The minimum Gasteiger partial charge on any atom is -0.425 e. The maximum atomic E-state index is 13.5. The monoisotopic (exact) mass is 474 g/mol. The van der Waals surface area contributed by atoms with Gasteiger partial charge in [0.25, 0.3) is 17.2 Å². The van der Waals surface area contributed by atoms with Crippen molar-refractivity contribution in [3.05, 3.63) is 74.3 Å². The highest BCUT2D eigenvalue weighted by molar-refractivity contribution is 6.39. The van der Waals surface area contributed by atoms with Crippen LogP contribution < -0.4 is 4.74 Å². The number of non-ortho nitro benzene ring substituents is 1. The average Bonchev–Trinajstić information content (AvgIpc) is 2.73. The summed E-state index contributed by atoms with van der Waals surface area (Å²) in [5, 5.41) is 22.5. The van der Waals surface area contributed by atoms with Crippen molar-refractivity contribution in [1.29, 1.82) is 0 Å². The van der Waals surface area contributed by atoms with E-state index in [4.69, 9.17) is 16.3 Å². The van der Waals surface area contributed by atoms with Crippen LogP contribution in [0, 0.1) is 20.2 Å². The molecule has 0 spiro atoms. The molecule has 2 aromatic rings. The van der Waals surface area contributed by atoms with Crippen LogP contribution in [0.2, 0.25) is 0 Å². The van der Waals surface area contributed by atoms with Gasteiger partial charge in [0.1, 0.15) is 5.75 Å². The van der Waals surface area contributed by atoms with Gasteiger partial charge in [0, 0.05) is 6.07 Å². The molecule has 168 valence electrons. The van der Waals surface area contributed by atoms with Crippen LogP contribution in [0.3, 0.4) is 0 Å². The number of nitrogens with zero attached hydrogens (tertiary/aromatic N) is 2. The van der Waals surface area contributed by atoms with Gasteiger partial charge in [0.2, 0.25) is 5.41 Å². The van der Waals surface area contributed by atoms with Gasteiger partial charge >= 0.3 is 12.1 Å². The van der Waals surface area contributed by atoms with E-state index in [2.05, 4.69) is 0 Å². The Labute approximate surface area is 180 Å². The van der Waals surface area contributed by atoms with Crippen LogP contribution in [0.25, 0.3) is 0 Å². The number of alkyl halides is 4. The normalized spacial score (nSPS) is 13.0. The molecule has 2 aromatic carbocycles. The summed E-state index contributed by atoms with van der Waals surface area (Å²) in [4.78, 5) is 58.0. The number of ketones is 2. The lowest BCUT2D eigenvalue weighted by atomic mass is 9.72. The Morgan fingerprint density at radius 3 is 2.03 bits per heavy atom. The second-order valence-corrected chi connectivity index (χ2v) is 6.32. The maximum absolute atomic E-state index is 13.5. The zero-order valence-corrected chi connectivity index (χ0v) is 16.3. The largest absolute Gasteiger partial charge is 0.452 e. The predicted octanol–water partition coefficient (Wildman–Crippen LogP) is 3.29. The van der Waals surface area contributed by atoms with E-state index in [9.17, 15) is 47.8 Å². The summed E-state index contributed by atoms with van der Waals surface area (Å²) in [6.45, 7) is 0. The highest BCUT2D eigenvalue weighted by Crippen LogP contribution is 2.41. The molecule has 32 heavy (non-hydrogen) atoms. The van der Waals surface area contributed by atoms with Crippen LogP contribution >= 0.6 is 11.6 Å². The number of ether oxygens (including phenoxy) is 1. The van der Waals surface area contributed by atoms with E-state index in [0.717, 1.165) is 12.1 Å². The van der Waals surface area contributed by atoms with Crippen LogP contribution in [0.5, 0.6) is 5.75 Å². The molecule has 2 rings (SSSR count). The number of halogens is 4. The highest BCUT2D eigenvalue weighted by atomic mass is 35.5. The number of hydrogen-bond donors (Lipinski definition) is 0. The van der Waals surface area contributed by atoms with Gasteiger partial charge in [-0.05, 0) is 18.2 Å². The summed E-state index contributed by atoms with van der Waals surface area (Å²) in [6, 6.07) is 7.35. The fraction of sp³-hybridized carbons (Fsp3) is 0.167. The predicted molar refractivity (Wildman–Crippen MR) is 100 cm³/mol. The second-order valence-electron chi connectivity index (χ2n) is 6.05. The Balaban J connectivity index is 2.93. The molecule has 0 radical (unpaired) electrons. The van der Waals surface area contributed by atoms with E-state index >= 15 is 0 Å². The number of rotatable bonds is 8. The van der Waals surface area contributed by atoms with Crippen LogP contribution in [0.1, 0.15) is 5.56 Å². The van der Waals surface area contributed by atoms with Gasteiger partial charge in [0.05, 0.1) is 27.4 Å². The molecule has 0 saturated carbocycles. The quantitative estimate of drug-likeness (QED) is 0.141. The number of hydrogen-bond acceptors (Lipinski definition) is 8. The molecule has 0 aromatic heterocycles. The van der Waals surface area contributed by atoms with Crippen molar-refractivity contribution in [3.8, 4) is 5.75 Å². The van der Waals surface area contributed by atoms with Gasteiger partial charge in [-0.1, -0.05) is 18.2 Å². The third kappa shape index (κ3) is 4.42. The number of Topliss-reactive ketones (excluding diaryl/α,β-unsaturated/α-hetero) is 2. The van der Waals surface area contributed by atoms with E-state index in [1.54, 1.807) is 0 Å². The average molecular weight is 475 g/mol. The van der Waals surface area contributed by atoms with Gasteiger partial charge in [0.15, 0.2) is 5.78 Å². The first kappa shape index (κ1) is 24.4. The molecule has 0 aliphatic rings. The zero-order chi connectivity index (χ0) is 24.3. The van der Waals surface area contributed by atoms with Crippen molar-refractivity contribution in [2.24, 2.45) is 0 Å². The molecular weight excluding hydrogens is 465 g/mol. The summed E-state index contributed by atoms with van der Waals surface area (Å²) >= 11 is 5.39.